The lowest BCUT2D eigenvalue weighted by Gasteiger charge is -2.08. The van der Waals surface area contributed by atoms with Gasteiger partial charge in [-0.15, -0.1) is 0 Å². The summed E-state index contributed by atoms with van der Waals surface area (Å²) >= 11 is 1.58. The Labute approximate surface area is 86.9 Å². The molecule has 0 aliphatic rings. The SMILES string of the molecule is Cc1ccnc(C(O)c2ccsc2)c1. The maximum absolute atomic E-state index is 9.95. The molecular weight excluding hydrogens is 194 g/mol. The Hall–Kier alpha value is -1.19. The summed E-state index contributed by atoms with van der Waals surface area (Å²) in [6, 6.07) is 5.74. The van der Waals surface area contributed by atoms with Gasteiger partial charge in [0.25, 0.3) is 0 Å². The summed E-state index contributed by atoms with van der Waals surface area (Å²) in [5, 5.41) is 13.8. The van der Waals surface area contributed by atoms with Crippen molar-refractivity contribution in [3.63, 3.8) is 0 Å². The summed E-state index contributed by atoms with van der Waals surface area (Å²) < 4.78 is 0. The van der Waals surface area contributed by atoms with Crippen LogP contribution >= 0.6 is 11.3 Å². The minimum Gasteiger partial charge on any atom is -0.382 e. The van der Waals surface area contributed by atoms with Crippen LogP contribution in [-0.4, -0.2) is 10.1 Å². The summed E-state index contributed by atoms with van der Waals surface area (Å²) in [6.45, 7) is 1.99. The quantitative estimate of drug-likeness (QED) is 0.817. The fraction of sp³-hybridized carbons (Fsp3) is 0.182. The number of aromatic nitrogens is 1. The largest absolute Gasteiger partial charge is 0.382 e. The summed E-state index contributed by atoms with van der Waals surface area (Å²) in [6.07, 6.45) is 1.13. The van der Waals surface area contributed by atoms with E-state index >= 15 is 0 Å². The predicted octanol–water partition coefficient (Wildman–Crippen LogP) is 2.53. The molecule has 0 radical (unpaired) electrons. The molecule has 0 spiro atoms. The van der Waals surface area contributed by atoms with Crippen LogP contribution in [-0.2, 0) is 0 Å². The number of hydrogen-bond donors (Lipinski definition) is 1. The third-order valence-electron chi connectivity index (χ3n) is 2.08. The highest BCUT2D eigenvalue weighted by atomic mass is 32.1. The van der Waals surface area contributed by atoms with Gasteiger partial charge in [-0.1, -0.05) is 0 Å². The molecule has 0 aliphatic carbocycles. The Morgan fingerprint density at radius 3 is 2.93 bits per heavy atom. The molecule has 3 heteroatoms. The zero-order valence-corrected chi connectivity index (χ0v) is 8.66. The lowest BCUT2D eigenvalue weighted by Crippen LogP contribution is -2.00. The van der Waals surface area contributed by atoms with Crippen molar-refractivity contribution in [2.24, 2.45) is 0 Å². The molecule has 0 aromatic carbocycles. The average molecular weight is 205 g/mol. The number of aliphatic hydroxyl groups excluding tert-OH is 1. The normalized spacial score (nSPS) is 12.7. The van der Waals surface area contributed by atoms with Crippen LogP contribution in [0, 0.1) is 6.92 Å². The first-order valence-electron chi connectivity index (χ1n) is 4.40. The second-order valence-electron chi connectivity index (χ2n) is 3.22. The molecule has 2 aromatic heterocycles. The van der Waals surface area contributed by atoms with Gasteiger partial charge in [0.2, 0.25) is 0 Å². The molecule has 14 heavy (non-hydrogen) atoms. The first-order valence-corrected chi connectivity index (χ1v) is 5.34. The van der Waals surface area contributed by atoms with Crippen LogP contribution < -0.4 is 0 Å². The number of thiophene rings is 1. The standard InChI is InChI=1S/C11H11NOS/c1-8-2-4-12-10(6-8)11(13)9-3-5-14-7-9/h2-7,11,13H,1H3. The second kappa shape index (κ2) is 3.90. The van der Waals surface area contributed by atoms with Crippen molar-refractivity contribution in [1.82, 2.24) is 4.98 Å². The number of pyridine rings is 1. The van der Waals surface area contributed by atoms with Gasteiger partial charge in [0, 0.05) is 6.20 Å². The zero-order valence-electron chi connectivity index (χ0n) is 7.84. The van der Waals surface area contributed by atoms with Crippen LogP contribution in [0.3, 0.4) is 0 Å². The molecule has 0 amide bonds. The van der Waals surface area contributed by atoms with Crippen molar-refractivity contribution in [2.75, 3.05) is 0 Å². The van der Waals surface area contributed by atoms with Gasteiger partial charge in [0.1, 0.15) is 6.10 Å². The van der Waals surface area contributed by atoms with E-state index < -0.39 is 6.10 Å². The highest BCUT2D eigenvalue weighted by molar-refractivity contribution is 7.07. The van der Waals surface area contributed by atoms with E-state index in [9.17, 15) is 5.11 Å². The molecule has 1 unspecified atom stereocenters. The van der Waals surface area contributed by atoms with Crippen molar-refractivity contribution in [1.29, 1.82) is 0 Å². The summed E-state index contributed by atoms with van der Waals surface area (Å²) in [5.74, 6) is 0. The first kappa shape index (κ1) is 9.37. The van der Waals surface area contributed by atoms with Crippen molar-refractivity contribution in [3.8, 4) is 0 Å². The molecule has 0 bridgehead atoms. The first-order chi connectivity index (χ1) is 6.77. The van der Waals surface area contributed by atoms with Crippen molar-refractivity contribution < 1.29 is 5.11 Å². The summed E-state index contributed by atoms with van der Waals surface area (Å²) in [5.41, 5.74) is 2.74. The number of nitrogens with zero attached hydrogens (tertiary/aromatic N) is 1. The number of hydrogen-bond acceptors (Lipinski definition) is 3. The van der Waals surface area contributed by atoms with E-state index in [4.69, 9.17) is 0 Å². The van der Waals surface area contributed by atoms with E-state index in [0.717, 1.165) is 11.1 Å². The molecule has 72 valence electrons. The van der Waals surface area contributed by atoms with Crippen LogP contribution in [0.25, 0.3) is 0 Å². The summed E-state index contributed by atoms with van der Waals surface area (Å²) in [7, 11) is 0. The Bertz CT molecular complexity index is 411. The molecule has 2 aromatic rings. The Balaban J connectivity index is 2.32. The van der Waals surface area contributed by atoms with Crippen LogP contribution in [0.15, 0.2) is 35.2 Å². The zero-order chi connectivity index (χ0) is 9.97. The maximum Gasteiger partial charge on any atom is 0.122 e. The fourth-order valence-corrected chi connectivity index (χ4v) is 1.99. The van der Waals surface area contributed by atoms with E-state index in [-0.39, 0.29) is 0 Å². The molecule has 0 fully saturated rings. The van der Waals surface area contributed by atoms with Crippen LogP contribution in [0.4, 0.5) is 0 Å². The number of aryl methyl sites for hydroxylation is 1. The molecule has 0 saturated carbocycles. The lowest BCUT2D eigenvalue weighted by molar-refractivity contribution is 0.216. The lowest BCUT2D eigenvalue weighted by atomic mass is 10.1. The van der Waals surface area contributed by atoms with E-state index in [1.165, 1.54) is 0 Å². The summed E-state index contributed by atoms with van der Waals surface area (Å²) in [4.78, 5) is 4.15. The Kier molecular flexibility index (Phi) is 2.61. The van der Waals surface area contributed by atoms with Gasteiger partial charge in [-0.2, -0.15) is 11.3 Å². The highest BCUT2D eigenvalue weighted by Crippen LogP contribution is 2.22. The fourth-order valence-electron chi connectivity index (χ4n) is 1.31. The van der Waals surface area contributed by atoms with E-state index in [2.05, 4.69) is 4.98 Å². The van der Waals surface area contributed by atoms with Crippen LogP contribution in [0.1, 0.15) is 22.9 Å². The van der Waals surface area contributed by atoms with E-state index in [1.807, 2.05) is 35.9 Å². The molecule has 2 rings (SSSR count). The van der Waals surface area contributed by atoms with Crippen molar-refractivity contribution in [2.45, 2.75) is 13.0 Å². The van der Waals surface area contributed by atoms with Crippen LogP contribution in [0.5, 0.6) is 0 Å². The van der Waals surface area contributed by atoms with Gasteiger partial charge >= 0.3 is 0 Å². The molecule has 1 N–H and O–H groups in total. The smallest absolute Gasteiger partial charge is 0.122 e. The topological polar surface area (TPSA) is 33.1 Å². The highest BCUT2D eigenvalue weighted by Gasteiger charge is 2.11. The van der Waals surface area contributed by atoms with Gasteiger partial charge in [0.05, 0.1) is 5.69 Å². The van der Waals surface area contributed by atoms with Crippen molar-refractivity contribution >= 4 is 11.3 Å². The third-order valence-corrected chi connectivity index (χ3v) is 2.78. The molecule has 0 saturated heterocycles. The molecule has 2 heterocycles. The van der Waals surface area contributed by atoms with Gasteiger partial charge in [-0.3, -0.25) is 4.98 Å². The monoisotopic (exact) mass is 205 g/mol. The van der Waals surface area contributed by atoms with E-state index in [0.29, 0.717) is 5.69 Å². The van der Waals surface area contributed by atoms with Crippen molar-refractivity contribution in [3.05, 3.63) is 52.0 Å². The van der Waals surface area contributed by atoms with E-state index in [1.54, 1.807) is 17.5 Å². The second-order valence-corrected chi connectivity index (χ2v) is 4.00. The molecular formula is C11H11NOS. The molecule has 2 nitrogen and oxygen atoms in total. The number of rotatable bonds is 2. The van der Waals surface area contributed by atoms with Gasteiger partial charge in [-0.25, -0.2) is 0 Å². The Morgan fingerprint density at radius 2 is 2.29 bits per heavy atom. The molecule has 0 aliphatic heterocycles. The van der Waals surface area contributed by atoms with Crippen LogP contribution in [0.2, 0.25) is 0 Å². The Morgan fingerprint density at radius 1 is 1.43 bits per heavy atom. The maximum atomic E-state index is 9.95. The minimum absolute atomic E-state index is 0.596. The predicted molar refractivity (Wildman–Crippen MR) is 57.4 cm³/mol. The molecule has 1 atom stereocenters. The number of aliphatic hydroxyl groups is 1. The van der Waals surface area contributed by atoms with Gasteiger partial charge in [-0.05, 0) is 47.0 Å². The average Bonchev–Trinajstić information content (AvgIpc) is 2.69. The van der Waals surface area contributed by atoms with Gasteiger partial charge in [0.15, 0.2) is 0 Å². The minimum atomic E-state index is -0.596. The third kappa shape index (κ3) is 1.84. The van der Waals surface area contributed by atoms with Gasteiger partial charge < -0.3 is 5.11 Å².